The molecule has 2 atom stereocenters. The molecule has 2 N–H and O–H groups in total. The molecule has 0 saturated carbocycles. The van der Waals surface area contributed by atoms with Gasteiger partial charge in [-0.25, -0.2) is 12.7 Å². The number of sulfonamides is 1. The monoisotopic (exact) mass is 234 g/mol. The maximum Gasteiger partial charge on any atom is 0.216 e. The van der Waals surface area contributed by atoms with E-state index in [1.165, 1.54) is 0 Å². The van der Waals surface area contributed by atoms with Crippen LogP contribution in [0, 0.1) is 5.92 Å². The van der Waals surface area contributed by atoms with Gasteiger partial charge < -0.3 is 5.73 Å². The Balaban J connectivity index is 2.75. The van der Waals surface area contributed by atoms with Crippen LogP contribution in [0.5, 0.6) is 0 Å². The third-order valence-electron chi connectivity index (χ3n) is 3.24. The van der Waals surface area contributed by atoms with Crippen molar-refractivity contribution >= 4 is 10.0 Å². The third-order valence-corrected chi connectivity index (χ3v) is 5.48. The second-order valence-electron chi connectivity index (χ2n) is 4.57. The molecule has 0 aromatic rings. The molecule has 90 valence electrons. The van der Waals surface area contributed by atoms with E-state index in [1.54, 1.807) is 18.2 Å². The summed E-state index contributed by atoms with van der Waals surface area (Å²) in [4.78, 5) is 0. The van der Waals surface area contributed by atoms with E-state index in [-0.39, 0.29) is 11.3 Å². The van der Waals surface area contributed by atoms with Gasteiger partial charge in [-0.3, -0.25) is 0 Å². The quantitative estimate of drug-likeness (QED) is 0.785. The molecule has 0 aromatic heterocycles. The number of piperidine rings is 1. The first kappa shape index (κ1) is 12.9. The highest BCUT2D eigenvalue weighted by Gasteiger charge is 2.33. The van der Waals surface area contributed by atoms with Gasteiger partial charge >= 0.3 is 0 Å². The first-order valence-corrected chi connectivity index (χ1v) is 7.14. The van der Waals surface area contributed by atoms with Crippen LogP contribution in [0.4, 0.5) is 0 Å². The molecular weight excluding hydrogens is 212 g/mol. The van der Waals surface area contributed by atoms with Gasteiger partial charge in [0.1, 0.15) is 0 Å². The predicted molar refractivity (Wildman–Crippen MR) is 62.0 cm³/mol. The zero-order valence-corrected chi connectivity index (χ0v) is 10.6. The minimum atomic E-state index is -3.09. The van der Waals surface area contributed by atoms with Crippen LogP contribution in [0.25, 0.3) is 0 Å². The maximum atomic E-state index is 11.9. The normalized spacial score (nSPS) is 29.7. The van der Waals surface area contributed by atoms with Gasteiger partial charge in [0.25, 0.3) is 0 Å². The van der Waals surface area contributed by atoms with Gasteiger partial charge in [-0.1, -0.05) is 13.3 Å². The zero-order chi connectivity index (χ0) is 11.6. The van der Waals surface area contributed by atoms with Crippen LogP contribution in [-0.2, 0) is 10.0 Å². The van der Waals surface area contributed by atoms with Crippen LogP contribution in [0.1, 0.15) is 33.6 Å². The summed E-state index contributed by atoms with van der Waals surface area (Å²) in [5.41, 5.74) is 5.95. The Labute approximate surface area is 92.9 Å². The molecule has 1 aliphatic rings. The van der Waals surface area contributed by atoms with Crippen LogP contribution in [0.15, 0.2) is 0 Å². The maximum absolute atomic E-state index is 11.9. The lowest BCUT2D eigenvalue weighted by molar-refractivity contribution is 0.229. The molecule has 1 heterocycles. The van der Waals surface area contributed by atoms with Gasteiger partial charge in [0, 0.05) is 19.1 Å². The molecule has 1 saturated heterocycles. The summed E-state index contributed by atoms with van der Waals surface area (Å²) in [5, 5.41) is -0.329. The molecular formula is C10H22N2O2S. The summed E-state index contributed by atoms with van der Waals surface area (Å²) in [7, 11) is -3.09. The lowest BCUT2D eigenvalue weighted by atomic mass is 9.92. The first-order valence-electron chi connectivity index (χ1n) is 5.64. The molecule has 0 amide bonds. The highest BCUT2D eigenvalue weighted by Crippen LogP contribution is 2.22. The van der Waals surface area contributed by atoms with E-state index in [4.69, 9.17) is 5.73 Å². The fraction of sp³-hybridized carbons (Fsp3) is 1.00. The standard InChI is InChI=1S/C10H22N2O2S/c1-4-9-7-12(6-5-10(9)11)15(13,14)8(2)3/h8-10H,4-7,11H2,1-3H3. The Morgan fingerprint density at radius 3 is 2.53 bits per heavy atom. The van der Waals surface area contributed by atoms with E-state index in [2.05, 4.69) is 6.92 Å². The van der Waals surface area contributed by atoms with Crippen molar-refractivity contribution < 1.29 is 8.42 Å². The average Bonchev–Trinajstić information content (AvgIpc) is 2.18. The fourth-order valence-electron chi connectivity index (χ4n) is 1.98. The number of hydrogen-bond acceptors (Lipinski definition) is 3. The second-order valence-corrected chi connectivity index (χ2v) is 7.06. The fourth-order valence-corrected chi connectivity index (χ4v) is 3.33. The van der Waals surface area contributed by atoms with Crippen molar-refractivity contribution in [2.45, 2.75) is 44.9 Å². The topological polar surface area (TPSA) is 63.4 Å². The van der Waals surface area contributed by atoms with Crippen LogP contribution in [0.3, 0.4) is 0 Å². The second kappa shape index (κ2) is 4.80. The van der Waals surface area contributed by atoms with E-state index in [9.17, 15) is 8.42 Å². The van der Waals surface area contributed by atoms with E-state index < -0.39 is 10.0 Å². The smallest absolute Gasteiger partial charge is 0.216 e. The van der Waals surface area contributed by atoms with E-state index >= 15 is 0 Å². The molecule has 2 unspecified atom stereocenters. The molecule has 0 bridgehead atoms. The number of hydrogen-bond donors (Lipinski definition) is 1. The van der Waals surface area contributed by atoms with Crippen molar-refractivity contribution in [1.29, 1.82) is 0 Å². The molecule has 1 rings (SSSR count). The molecule has 0 aromatic carbocycles. The van der Waals surface area contributed by atoms with Crippen molar-refractivity contribution in [3.63, 3.8) is 0 Å². The summed E-state index contributed by atoms with van der Waals surface area (Å²) in [6.07, 6.45) is 1.73. The molecule has 5 heteroatoms. The number of nitrogens with zero attached hydrogens (tertiary/aromatic N) is 1. The van der Waals surface area contributed by atoms with Crippen molar-refractivity contribution in [3.05, 3.63) is 0 Å². The highest BCUT2D eigenvalue weighted by atomic mass is 32.2. The van der Waals surface area contributed by atoms with E-state index in [0.717, 1.165) is 12.8 Å². The minimum absolute atomic E-state index is 0.161. The molecule has 0 radical (unpaired) electrons. The average molecular weight is 234 g/mol. The Morgan fingerprint density at radius 2 is 2.07 bits per heavy atom. The zero-order valence-electron chi connectivity index (χ0n) is 9.81. The molecule has 1 aliphatic heterocycles. The Hall–Kier alpha value is -0.130. The number of nitrogens with two attached hydrogens (primary N) is 1. The molecule has 1 fully saturated rings. The van der Waals surface area contributed by atoms with Gasteiger partial charge in [-0.15, -0.1) is 0 Å². The summed E-state index contributed by atoms with van der Waals surface area (Å²) >= 11 is 0. The Bertz CT molecular complexity index is 301. The summed E-state index contributed by atoms with van der Waals surface area (Å²) < 4.78 is 25.5. The van der Waals surface area contributed by atoms with Crippen molar-refractivity contribution in [3.8, 4) is 0 Å². The van der Waals surface area contributed by atoms with Gasteiger partial charge in [0.2, 0.25) is 10.0 Å². The van der Waals surface area contributed by atoms with Crippen LogP contribution in [0.2, 0.25) is 0 Å². The predicted octanol–water partition coefficient (Wildman–Crippen LogP) is 0.784. The minimum Gasteiger partial charge on any atom is -0.327 e. The first-order chi connectivity index (χ1) is 6.89. The lowest BCUT2D eigenvalue weighted by Gasteiger charge is -2.36. The van der Waals surface area contributed by atoms with Crippen LogP contribution < -0.4 is 5.73 Å². The van der Waals surface area contributed by atoms with E-state index in [1.807, 2.05) is 0 Å². The summed E-state index contributed by atoms with van der Waals surface area (Å²) in [6, 6.07) is 0.161. The van der Waals surface area contributed by atoms with Crippen molar-refractivity contribution in [2.75, 3.05) is 13.1 Å². The van der Waals surface area contributed by atoms with Gasteiger partial charge in [0.15, 0.2) is 0 Å². The molecule has 4 nitrogen and oxygen atoms in total. The Kier molecular flexibility index (Phi) is 4.14. The van der Waals surface area contributed by atoms with Crippen molar-refractivity contribution in [2.24, 2.45) is 11.7 Å². The van der Waals surface area contributed by atoms with Crippen LogP contribution in [-0.4, -0.2) is 37.1 Å². The number of rotatable bonds is 3. The van der Waals surface area contributed by atoms with E-state index in [0.29, 0.717) is 19.0 Å². The van der Waals surface area contributed by atoms with Crippen molar-refractivity contribution in [1.82, 2.24) is 4.31 Å². The van der Waals surface area contributed by atoms with Gasteiger partial charge in [0.05, 0.1) is 5.25 Å². The highest BCUT2D eigenvalue weighted by molar-refractivity contribution is 7.89. The largest absolute Gasteiger partial charge is 0.327 e. The van der Waals surface area contributed by atoms with Crippen LogP contribution >= 0.6 is 0 Å². The summed E-state index contributed by atoms with van der Waals surface area (Å²) in [6.45, 7) is 6.70. The third kappa shape index (κ3) is 2.71. The Morgan fingerprint density at radius 1 is 1.47 bits per heavy atom. The van der Waals surface area contributed by atoms with Gasteiger partial charge in [-0.2, -0.15) is 0 Å². The summed E-state index contributed by atoms with van der Waals surface area (Å²) in [5.74, 6) is 0.312. The lowest BCUT2D eigenvalue weighted by Crippen LogP contribution is -2.50. The molecule has 0 spiro atoms. The molecule has 0 aliphatic carbocycles. The molecule has 15 heavy (non-hydrogen) atoms. The van der Waals surface area contributed by atoms with Gasteiger partial charge in [-0.05, 0) is 26.2 Å². The SMILES string of the molecule is CCC1CN(S(=O)(=O)C(C)C)CCC1N.